The summed E-state index contributed by atoms with van der Waals surface area (Å²) < 4.78 is 31.4. The fraction of sp³-hybridized carbons (Fsp3) is 0.667. The molecule has 0 spiro atoms. The van der Waals surface area contributed by atoms with Gasteiger partial charge in [0.15, 0.2) is 0 Å². The zero-order chi connectivity index (χ0) is 13.3. The van der Waals surface area contributed by atoms with E-state index in [0.29, 0.717) is 30.7 Å². The van der Waals surface area contributed by atoms with Gasteiger partial charge >= 0.3 is 0 Å². The molecular weight excluding hydrogens is 252 g/mol. The van der Waals surface area contributed by atoms with Crippen LogP contribution in [0.2, 0.25) is 0 Å². The Kier molecular flexibility index (Phi) is 3.79. The second-order valence-electron chi connectivity index (χ2n) is 5.08. The molecular formula is C12H20N2O3S. The summed E-state index contributed by atoms with van der Waals surface area (Å²) in [6.45, 7) is 5.62. The highest BCUT2D eigenvalue weighted by Gasteiger charge is 2.35. The lowest BCUT2D eigenvalue weighted by Crippen LogP contribution is -2.29. The molecule has 0 aromatic carbocycles. The summed E-state index contributed by atoms with van der Waals surface area (Å²) in [5.74, 6) is 1.43. The molecule has 0 bridgehead atoms. The molecule has 2 heterocycles. The number of nitrogens with zero attached hydrogens (tertiary/aromatic N) is 1. The van der Waals surface area contributed by atoms with Gasteiger partial charge in [0.05, 0.1) is 6.54 Å². The largest absolute Gasteiger partial charge is 0.447 e. The van der Waals surface area contributed by atoms with Crippen molar-refractivity contribution in [2.45, 2.75) is 31.9 Å². The number of sulfonamides is 1. The third-order valence-electron chi connectivity index (χ3n) is 3.56. The van der Waals surface area contributed by atoms with Gasteiger partial charge in [-0.1, -0.05) is 13.8 Å². The molecule has 1 aromatic heterocycles. The van der Waals surface area contributed by atoms with E-state index in [1.54, 1.807) is 6.07 Å². The van der Waals surface area contributed by atoms with Crippen LogP contribution >= 0.6 is 0 Å². The SMILES string of the molecule is CC(C)C1CCN(S(=O)(=O)c2ccc(CN)o2)C1. The van der Waals surface area contributed by atoms with Crippen LogP contribution in [0.4, 0.5) is 0 Å². The van der Waals surface area contributed by atoms with E-state index in [2.05, 4.69) is 13.8 Å². The molecule has 6 heteroatoms. The van der Waals surface area contributed by atoms with Gasteiger partial charge in [-0.25, -0.2) is 8.42 Å². The number of furan rings is 1. The first-order valence-corrected chi connectivity index (χ1v) is 7.68. The van der Waals surface area contributed by atoms with Gasteiger partial charge < -0.3 is 10.2 Å². The van der Waals surface area contributed by atoms with Crippen molar-refractivity contribution in [3.8, 4) is 0 Å². The second-order valence-corrected chi connectivity index (χ2v) is 6.95. The van der Waals surface area contributed by atoms with Gasteiger partial charge in [0, 0.05) is 13.1 Å². The molecule has 1 saturated heterocycles. The Morgan fingerprint density at radius 1 is 1.50 bits per heavy atom. The molecule has 0 amide bonds. The van der Waals surface area contributed by atoms with Crippen LogP contribution in [-0.4, -0.2) is 25.8 Å². The van der Waals surface area contributed by atoms with Gasteiger partial charge in [0.1, 0.15) is 5.76 Å². The Morgan fingerprint density at radius 3 is 2.72 bits per heavy atom. The van der Waals surface area contributed by atoms with E-state index >= 15 is 0 Å². The summed E-state index contributed by atoms with van der Waals surface area (Å²) in [6.07, 6.45) is 0.918. The first kappa shape index (κ1) is 13.6. The van der Waals surface area contributed by atoms with Crippen molar-refractivity contribution in [2.24, 2.45) is 17.6 Å². The summed E-state index contributed by atoms with van der Waals surface area (Å²) in [5, 5.41) is 0.00681. The molecule has 0 radical (unpaired) electrons. The fourth-order valence-corrected chi connectivity index (χ4v) is 3.69. The predicted molar refractivity (Wildman–Crippen MR) is 68.3 cm³/mol. The van der Waals surface area contributed by atoms with Crippen LogP contribution in [0.3, 0.4) is 0 Å². The predicted octanol–water partition coefficient (Wildman–Crippen LogP) is 1.40. The number of nitrogens with two attached hydrogens (primary N) is 1. The Bertz CT molecular complexity index is 507. The van der Waals surface area contributed by atoms with Crippen molar-refractivity contribution in [1.82, 2.24) is 4.31 Å². The minimum atomic E-state index is -3.48. The highest BCUT2D eigenvalue weighted by atomic mass is 32.2. The van der Waals surface area contributed by atoms with Crippen LogP contribution in [-0.2, 0) is 16.6 Å². The average molecular weight is 272 g/mol. The Balaban J connectivity index is 2.17. The quantitative estimate of drug-likeness (QED) is 0.899. The van der Waals surface area contributed by atoms with E-state index in [1.165, 1.54) is 10.4 Å². The van der Waals surface area contributed by atoms with Crippen LogP contribution in [0, 0.1) is 11.8 Å². The normalized spacial score (nSPS) is 21.9. The van der Waals surface area contributed by atoms with Crippen LogP contribution in [0.25, 0.3) is 0 Å². The number of rotatable bonds is 4. The summed E-state index contributed by atoms with van der Waals surface area (Å²) in [7, 11) is -3.48. The van der Waals surface area contributed by atoms with E-state index < -0.39 is 10.0 Å². The molecule has 0 saturated carbocycles. The lowest BCUT2D eigenvalue weighted by atomic mass is 9.96. The second kappa shape index (κ2) is 5.03. The fourth-order valence-electron chi connectivity index (χ4n) is 2.25. The van der Waals surface area contributed by atoms with Gasteiger partial charge in [-0.15, -0.1) is 0 Å². The molecule has 1 fully saturated rings. The van der Waals surface area contributed by atoms with Crippen molar-refractivity contribution < 1.29 is 12.8 Å². The summed E-state index contributed by atoms with van der Waals surface area (Å²) in [5.41, 5.74) is 5.42. The molecule has 1 atom stereocenters. The number of hydrogen-bond donors (Lipinski definition) is 1. The monoisotopic (exact) mass is 272 g/mol. The average Bonchev–Trinajstić information content (AvgIpc) is 2.98. The Morgan fingerprint density at radius 2 is 2.22 bits per heavy atom. The smallest absolute Gasteiger partial charge is 0.276 e. The highest BCUT2D eigenvalue weighted by molar-refractivity contribution is 7.89. The maximum absolute atomic E-state index is 12.3. The maximum Gasteiger partial charge on any atom is 0.276 e. The van der Waals surface area contributed by atoms with Gasteiger partial charge in [0.25, 0.3) is 10.0 Å². The zero-order valence-electron chi connectivity index (χ0n) is 10.8. The lowest BCUT2D eigenvalue weighted by molar-refractivity contribution is 0.368. The first-order chi connectivity index (χ1) is 8.45. The summed E-state index contributed by atoms with van der Waals surface area (Å²) in [4.78, 5) is 0. The summed E-state index contributed by atoms with van der Waals surface area (Å²) in [6, 6.07) is 3.10. The highest BCUT2D eigenvalue weighted by Crippen LogP contribution is 2.29. The van der Waals surface area contributed by atoms with Gasteiger partial charge in [-0.05, 0) is 30.4 Å². The van der Waals surface area contributed by atoms with Gasteiger partial charge in [0.2, 0.25) is 5.09 Å². The topological polar surface area (TPSA) is 76.5 Å². The van der Waals surface area contributed by atoms with Gasteiger partial charge in [-0.2, -0.15) is 4.31 Å². The van der Waals surface area contributed by atoms with Crippen LogP contribution in [0.1, 0.15) is 26.0 Å². The Labute approximate surface area is 108 Å². The van der Waals surface area contributed by atoms with E-state index in [1.807, 2.05) is 0 Å². The lowest BCUT2D eigenvalue weighted by Gasteiger charge is -2.16. The minimum absolute atomic E-state index is 0.00681. The molecule has 5 nitrogen and oxygen atoms in total. The van der Waals surface area contributed by atoms with Gasteiger partial charge in [-0.3, -0.25) is 0 Å². The molecule has 1 aromatic rings. The molecule has 1 aliphatic heterocycles. The van der Waals surface area contributed by atoms with Crippen molar-refractivity contribution in [1.29, 1.82) is 0 Å². The van der Waals surface area contributed by atoms with Crippen molar-refractivity contribution in [2.75, 3.05) is 13.1 Å². The third-order valence-corrected chi connectivity index (χ3v) is 5.30. The van der Waals surface area contributed by atoms with Crippen molar-refractivity contribution >= 4 is 10.0 Å². The van der Waals surface area contributed by atoms with Crippen molar-refractivity contribution in [3.63, 3.8) is 0 Å². The Hall–Kier alpha value is -0.850. The van der Waals surface area contributed by atoms with E-state index in [-0.39, 0.29) is 11.6 Å². The van der Waals surface area contributed by atoms with Crippen LogP contribution in [0.15, 0.2) is 21.6 Å². The standard InChI is InChI=1S/C12H20N2O3S/c1-9(2)10-5-6-14(8-10)18(15,16)12-4-3-11(7-13)17-12/h3-4,9-10H,5-8,13H2,1-2H3. The molecule has 1 unspecified atom stereocenters. The molecule has 102 valence electrons. The molecule has 18 heavy (non-hydrogen) atoms. The van der Waals surface area contributed by atoms with Crippen LogP contribution < -0.4 is 5.73 Å². The zero-order valence-corrected chi connectivity index (χ0v) is 11.6. The van der Waals surface area contributed by atoms with Crippen molar-refractivity contribution in [3.05, 3.63) is 17.9 Å². The number of hydrogen-bond acceptors (Lipinski definition) is 4. The molecule has 2 rings (SSSR count). The molecule has 0 aliphatic carbocycles. The van der Waals surface area contributed by atoms with E-state index in [0.717, 1.165) is 6.42 Å². The van der Waals surface area contributed by atoms with E-state index in [9.17, 15) is 8.42 Å². The minimum Gasteiger partial charge on any atom is -0.447 e. The van der Waals surface area contributed by atoms with Crippen LogP contribution in [0.5, 0.6) is 0 Å². The third kappa shape index (κ3) is 2.46. The first-order valence-electron chi connectivity index (χ1n) is 6.24. The van der Waals surface area contributed by atoms with E-state index in [4.69, 9.17) is 10.2 Å². The maximum atomic E-state index is 12.3. The summed E-state index contributed by atoms with van der Waals surface area (Å²) >= 11 is 0. The molecule has 2 N–H and O–H groups in total. The molecule has 1 aliphatic rings.